The maximum Gasteiger partial charge on any atom is 0.282 e. The fourth-order valence-corrected chi connectivity index (χ4v) is 2.90. The minimum atomic E-state index is -0.464. The molecule has 0 radical (unpaired) electrons. The van der Waals surface area contributed by atoms with Crippen molar-refractivity contribution in [3.8, 4) is 5.75 Å². The molecule has 2 aliphatic rings. The molecule has 2 aromatic rings. The molecular weight excluding hydrogens is 378 g/mol. The van der Waals surface area contributed by atoms with Gasteiger partial charge in [-0.2, -0.15) is 4.99 Å². The number of carbonyl (C=O) groups is 1. The lowest BCUT2D eigenvalue weighted by molar-refractivity contribution is -0.114. The van der Waals surface area contributed by atoms with Gasteiger partial charge < -0.3 is 9.57 Å². The Balaban J connectivity index is 1.46. The molecular formula is C21H16ClN3O3. The number of ether oxygens (including phenoxy) is 1. The second-order valence-electron chi connectivity index (χ2n) is 6.31. The summed E-state index contributed by atoms with van der Waals surface area (Å²) in [5.74, 6) is 1.11. The Hall–Kier alpha value is -3.38. The summed E-state index contributed by atoms with van der Waals surface area (Å²) in [7, 11) is 0. The number of fused-ring (bicyclic) bond motifs is 1. The van der Waals surface area contributed by atoms with Crippen molar-refractivity contribution in [1.29, 1.82) is 5.41 Å². The van der Waals surface area contributed by atoms with Gasteiger partial charge in [0.1, 0.15) is 18.1 Å². The van der Waals surface area contributed by atoms with Crippen LogP contribution < -0.4 is 4.74 Å². The first-order valence-corrected chi connectivity index (χ1v) is 8.95. The predicted octanol–water partition coefficient (Wildman–Crippen LogP) is 4.37. The quantitative estimate of drug-likeness (QED) is 0.782. The van der Waals surface area contributed by atoms with Crippen LogP contribution in [0.25, 0.3) is 6.08 Å². The average molecular weight is 394 g/mol. The Kier molecular flexibility index (Phi) is 4.71. The van der Waals surface area contributed by atoms with Crippen LogP contribution in [0, 0.1) is 5.41 Å². The van der Waals surface area contributed by atoms with Gasteiger partial charge in [-0.25, -0.2) is 0 Å². The number of hydroxylamine groups is 2. The molecule has 4 rings (SSSR count). The van der Waals surface area contributed by atoms with Crippen LogP contribution in [-0.2, 0) is 16.2 Å². The van der Waals surface area contributed by atoms with Crippen molar-refractivity contribution in [2.75, 3.05) is 0 Å². The molecule has 2 heterocycles. The topological polar surface area (TPSA) is 75.0 Å². The van der Waals surface area contributed by atoms with E-state index in [4.69, 9.17) is 26.6 Å². The minimum Gasteiger partial charge on any atom is -0.489 e. The van der Waals surface area contributed by atoms with Crippen LogP contribution in [0.4, 0.5) is 0 Å². The number of amidine groups is 2. The summed E-state index contributed by atoms with van der Waals surface area (Å²) < 4.78 is 5.76. The number of hydrogen-bond donors (Lipinski definition) is 1. The van der Waals surface area contributed by atoms with Gasteiger partial charge in [0.05, 0.1) is 5.57 Å². The Morgan fingerprint density at radius 3 is 2.61 bits per heavy atom. The maximum atomic E-state index is 12.3. The molecule has 0 saturated carbocycles. The second kappa shape index (κ2) is 7.32. The lowest BCUT2D eigenvalue weighted by atomic mass is 10.1. The highest BCUT2D eigenvalue weighted by Crippen LogP contribution is 2.24. The molecule has 2 aliphatic heterocycles. The highest BCUT2D eigenvalue weighted by molar-refractivity contribution is 6.32. The summed E-state index contributed by atoms with van der Waals surface area (Å²) in [5.41, 5.74) is 1.94. The number of allylic oxidation sites excluding steroid dienone is 1. The molecule has 0 spiro atoms. The van der Waals surface area contributed by atoms with Gasteiger partial charge in [-0.3, -0.25) is 10.2 Å². The number of amides is 1. The molecule has 0 fully saturated rings. The Morgan fingerprint density at radius 1 is 1.18 bits per heavy atom. The summed E-state index contributed by atoms with van der Waals surface area (Å²) in [6.45, 7) is 2.17. The van der Waals surface area contributed by atoms with Crippen LogP contribution in [0.2, 0.25) is 5.02 Å². The van der Waals surface area contributed by atoms with E-state index < -0.39 is 5.91 Å². The third-order valence-electron chi connectivity index (χ3n) is 4.19. The number of hydrogen-bond acceptors (Lipinski definition) is 4. The van der Waals surface area contributed by atoms with Crippen molar-refractivity contribution in [2.24, 2.45) is 4.99 Å². The first kappa shape index (κ1) is 18.0. The zero-order valence-corrected chi connectivity index (χ0v) is 15.7. The van der Waals surface area contributed by atoms with Crippen molar-refractivity contribution in [1.82, 2.24) is 5.06 Å². The largest absolute Gasteiger partial charge is 0.489 e. The van der Waals surface area contributed by atoms with Crippen LogP contribution in [0.3, 0.4) is 0 Å². The summed E-state index contributed by atoms with van der Waals surface area (Å²) in [5, 5.41) is 10.2. The van der Waals surface area contributed by atoms with E-state index in [1.54, 1.807) is 19.1 Å². The number of benzene rings is 2. The van der Waals surface area contributed by atoms with Gasteiger partial charge in [0.25, 0.3) is 5.91 Å². The van der Waals surface area contributed by atoms with Gasteiger partial charge in [-0.1, -0.05) is 35.9 Å². The monoisotopic (exact) mass is 393 g/mol. The number of aliphatic imine (C=N–C) groups is 1. The first-order valence-electron chi connectivity index (χ1n) is 8.57. The molecule has 1 N–H and O–H groups in total. The SMILES string of the molecule is CC1=CC2=NC(=O)/C(=C\c3ccc(OCc4ccc(Cl)cc4)cc3)C(=N)N2O1. The summed E-state index contributed by atoms with van der Waals surface area (Å²) in [6, 6.07) is 14.7. The summed E-state index contributed by atoms with van der Waals surface area (Å²) >= 11 is 5.88. The third-order valence-corrected chi connectivity index (χ3v) is 4.44. The van der Waals surface area contributed by atoms with Crippen LogP contribution >= 0.6 is 11.6 Å². The second-order valence-corrected chi connectivity index (χ2v) is 6.74. The Morgan fingerprint density at radius 2 is 1.89 bits per heavy atom. The molecule has 0 aliphatic carbocycles. The third kappa shape index (κ3) is 3.68. The van der Waals surface area contributed by atoms with Crippen LogP contribution in [0.1, 0.15) is 18.1 Å². The molecule has 0 unspecified atom stereocenters. The standard InChI is InChI=1S/C21H16ClN3O3/c1-13-10-19-24-21(26)18(20(23)25(19)28-13)11-14-4-8-17(9-5-14)27-12-15-2-6-16(22)7-3-15/h2-11,23H,12H2,1H3/b18-11-,23-20?. The van der Waals surface area contributed by atoms with Crippen LogP contribution in [-0.4, -0.2) is 22.6 Å². The molecule has 0 bridgehead atoms. The molecule has 2 aromatic carbocycles. The van der Waals surface area contributed by atoms with E-state index in [0.717, 1.165) is 11.1 Å². The summed E-state index contributed by atoms with van der Waals surface area (Å²) in [6.07, 6.45) is 3.24. The molecule has 7 heteroatoms. The molecule has 0 atom stereocenters. The zero-order chi connectivity index (χ0) is 19.7. The lowest BCUT2D eigenvalue weighted by Crippen LogP contribution is -2.38. The molecule has 28 heavy (non-hydrogen) atoms. The first-order chi connectivity index (χ1) is 13.5. The van der Waals surface area contributed by atoms with Gasteiger partial charge in [0.2, 0.25) is 0 Å². The van der Waals surface area contributed by atoms with E-state index in [-0.39, 0.29) is 11.4 Å². The highest BCUT2D eigenvalue weighted by Gasteiger charge is 2.34. The van der Waals surface area contributed by atoms with Crippen LogP contribution in [0.5, 0.6) is 5.75 Å². The Bertz CT molecular complexity index is 1040. The van der Waals surface area contributed by atoms with E-state index in [0.29, 0.717) is 29.0 Å². The molecule has 0 aromatic heterocycles. The minimum absolute atomic E-state index is 0.0360. The highest BCUT2D eigenvalue weighted by atomic mass is 35.5. The number of nitrogens with zero attached hydrogens (tertiary/aromatic N) is 2. The smallest absolute Gasteiger partial charge is 0.282 e. The normalized spacial score (nSPS) is 17.2. The van der Waals surface area contributed by atoms with Gasteiger partial charge in [-0.05, 0) is 48.4 Å². The summed E-state index contributed by atoms with van der Waals surface area (Å²) in [4.78, 5) is 21.6. The van der Waals surface area contributed by atoms with E-state index in [2.05, 4.69) is 4.99 Å². The average Bonchev–Trinajstić information content (AvgIpc) is 3.06. The van der Waals surface area contributed by atoms with Crippen molar-refractivity contribution in [3.05, 3.63) is 82.1 Å². The number of carbonyl (C=O) groups excluding carboxylic acids is 1. The number of nitrogens with one attached hydrogen (secondary N) is 1. The fourth-order valence-electron chi connectivity index (χ4n) is 2.77. The maximum absolute atomic E-state index is 12.3. The van der Waals surface area contributed by atoms with Crippen molar-refractivity contribution in [2.45, 2.75) is 13.5 Å². The number of halogens is 1. The molecule has 0 saturated heterocycles. The van der Waals surface area contributed by atoms with Crippen molar-refractivity contribution < 1.29 is 14.4 Å². The van der Waals surface area contributed by atoms with Crippen LogP contribution in [0.15, 0.2) is 70.9 Å². The fraction of sp³-hybridized carbons (Fsp3) is 0.0952. The number of rotatable bonds is 4. The van der Waals surface area contributed by atoms with Gasteiger partial charge in [-0.15, -0.1) is 5.06 Å². The Labute approximate surface area is 166 Å². The predicted molar refractivity (Wildman–Crippen MR) is 107 cm³/mol. The van der Waals surface area contributed by atoms with E-state index in [9.17, 15) is 4.79 Å². The zero-order valence-electron chi connectivity index (χ0n) is 15.0. The lowest BCUT2D eigenvalue weighted by Gasteiger charge is -2.22. The molecule has 1 amide bonds. The van der Waals surface area contributed by atoms with Crippen molar-refractivity contribution in [3.63, 3.8) is 0 Å². The van der Waals surface area contributed by atoms with Gasteiger partial charge in [0.15, 0.2) is 11.7 Å². The van der Waals surface area contributed by atoms with Gasteiger partial charge in [0, 0.05) is 11.1 Å². The molecule has 140 valence electrons. The molecule has 6 nitrogen and oxygen atoms in total. The van der Waals surface area contributed by atoms with E-state index in [1.165, 1.54) is 5.06 Å². The van der Waals surface area contributed by atoms with Crippen molar-refractivity contribution >= 4 is 35.3 Å². The van der Waals surface area contributed by atoms with E-state index >= 15 is 0 Å². The van der Waals surface area contributed by atoms with Gasteiger partial charge >= 0.3 is 0 Å². The van der Waals surface area contributed by atoms with E-state index in [1.807, 2.05) is 48.5 Å².